The Labute approximate surface area is 123 Å². The average Bonchev–Trinajstić information content (AvgIpc) is 2.77. The van der Waals surface area contributed by atoms with Gasteiger partial charge in [0, 0.05) is 5.39 Å². The highest BCUT2D eigenvalue weighted by Crippen LogP contribution is 2.31. The number of aromatic nitrogens is 1. The molecule has 0 spiro atoms. The first-order valence-corrected chi connectivity index (χ1v) is 6.34. The predicted octanol–water partition coefficient (Wildman–Crippen LogP) is 2.83. The van der Waals surface area contributed by atoms with Crippen LogP contribution in [0.25, 0.3) is 10.9 Å². The molecule has 2 rings (SSSR count). The third-order valence-electron chi connectivity index (χ3n) is 3.07. The number of carbonyl (C=O) groups is 1. The van der Waals surface area contributed by atoms with Crippen LogP contribution in [0.15, 0.2) is 18.2 Å². The zero-order valence-corrected chi connectivity index (χ0v) is 11.6. The van der Waals surface area contributed by atoms with Gasteiger partial charge in [-0.15, -0.1) is 0 Å². The summed E-state index contributed by atoms with van der Waals surface area (Å²) in [6.45, 7) is 0.234. The second-order valence-corrected chi connectivity index (χ2v) is 4.52. The van der Waals surface area contributed by atoms with E-state index in [1.807, 2.05) is 6.07 Å². The highest BCUT2D eigenvalue weighted by atomic mass is 19.4. The van der Waals surface area contributed by atoms with Crippen LogP contribution in [-0.2, 0) is 11.3 Å². The third-order valence-corrected chi connectivity index (χ3v) is 3.07. The minimum absolute atomic E-state index is 0.0330. The van der Waals surface area contributed by atoms with E-state index >= 15 is 0 Å². The van der Waals surface area contributed by atoms with Crippen molar-refractivity contribution in [2.45, 2.75) is 19.6 Å². The lowest BCUT2D eigenvalue weighted by Crippen LogP contribution is -2.21. The van der Waals surface area contributed by atoms with E-state index in [2.05, 4.69) is 0 Å². The molecule has 1 heterocycles. The second-order valence-electron chi connectivity index (χ2n) is 4.52. The normalized spacial score (nSPS) is 11.4. The van der Waals surface area contributed by atoms with E-state index in [9.17, 15) is 18.0 Å². The van der Waals surface area contributed by atoms with Crippen molar-refractivity contribution < 1.29 is 22.7 Å². The summed E-state index contributed by atoms with van der Waals surface area (Å²) in [5, 5.41) is 9.14. The third kappa shape index (κ3) is 2.83. The van der Waals surface area contributed by atoms with Gasteiger partial charge in [0.2, 0.25) is 0 Å². The molecule has 1 aromatic carbocycles. The number of ether oxygens (including phenoxy) is 1. The average molecular weight is 311 g/mol. The lowest BCUT2D eigenvalue weighted by Gasteiger charge is -2.12. The van der Waals surface area contributed by atoms with Crippen LogP contribution in [-0.4, -0.2) is 23.3 Å². The molecule has 0 radical (unpaired) electrons. The largest absolute Gasteiger partial charge is 0.461 e. The number of hydrogen-bond acceptors (Lipinski definition) is 4. The van der Waals surface area contributed by atoms with E-state index in [0.717, 1.165) is 4.57 Å². The molecule has 0 amide bonds. The number of nitrogen functional groups attached to an aromatic ring is 1. The van der Waals surface area contributed by atoms with Crippen LogP contribution in [0.3, 0.4) is 0 Å². The van der Waals surface area contributed by atoms with Gasteiger partial charge in [-0.05, 0) is 25.1 Å². The smallest absolute Gasteiger partial charge is 0.406 e. The van der Waals surface area contributed by atoms with Crippen LogP contribution in [0, 0.1) is 11.3 Å². The van der Waals surface area contributed by atoms with Gasteiger partial charge in [-0.1, -0.05) is 0 Å². The zero-order valence-electron chi connectivity index (χ0n) is 11.6. The van der Waals surface area contributed by atoms with Gasteiger partial charge in [0.15, 0.2) is 0 Å². The molecule has 116 valence electrons. The Balaban J connectivity index is 2.71. The van der Waals surface area contributed by atoms with Gasteiger partial charge in [-0.3, -0.25) is 0 Å². The zero-order chi connectivity index (χ0) is 16.5. The molecule has 1 aromatic heterocycles. The Hall–Kier alpha value is -2.69. The summed E-state index contributed by atoms with van der Waals surface area (Å²) in [6, 6.07) is 5.71. The molecular weight excluding hydrogens is 299 g/mol. The van der Waals surface area contributed by atoms with Crippen LogP contribution in [0.2, 0.25) is 0 Å². The maximum atomic E-state index is 12.8. The van der Waals surface area contributed by atoms with Gasteiger partial charge in [-0.2, -0.15) is 18.4 Å². The first-order chi connectivity index (χ1) is 10.3. The van der Waals surface area contributed by atoms with Crippen molar-refractivity contribution in [1.29, 1.82) is 5.26 Å². The molecule has 0 fully saturated rings. The lowest BCUT2D eigenvalue weighted by atomic mass is 10.1. The summed E-state index contributed by atoms with van der Waals surface area (Å²) in [6.07, 6.45) is -4.52. The number of fused-ring (bicyclic) bond motifs is 1. The summed E-state index contributed by atoms with van der Waals surface area (Å²) in [7, 11) is 0. The van der Waals surface area contributed by atoms with E-state index in [1.165, 1.54) is 18.2 Å². The summed E-state index contributed by atoms with van der Waals surface area (Å²) >= 11 is 0. The summed E-state index contributed by atoms with van der Waals surface area (Å²) in [5.74, 6) is -0.874. The van der Waals surface area contributed by atoms with Crippen LogP contribution in [0.5, 0.6) is 0 Å². The molecule has 0 unspecified atom stereocenters. The molecule has 0 aliphatic rings. The number of halogens is 3. The van der Waals surface area contributed by atoms with Crippen LogP contribution >= 0.6 is 0 Å². The van der Waals surface area contributed by atoms with E-state index in [4.69, 9.17) is 15.7 Å². The fraction of sp³-hybridized carbons (Fsp3) is 0.286. The van der Waals surface area contributed by atoms with Gasteiger partial charge in [0.1, 0.15) is 18.3 Å². The van der Waals surface area contributed by atoms with Crippen molar-refractivity contribution in [3.8, 4) is 6.07 Å². The summed E-state index contributed by atoms with van der Waals surface area (Å²) < 4.78 is 43.9. The number of nitriles is 1. The molecule has 2 N–H and O–H groups in total. The number of hydrogen-bond donors (Lipinski definition) is 1. The first kappa shape index (κ1) is 15.7. The molecule has 5 nitrogen and oxygen atoms in total. The summed E-state index contributed by atoms with van der Waals surface area (Å²) in [4.78, 5) is 11.9. The highest BCUT2D eigenvalue weighted by Gasteiger charge is 2.31. The fourth-order valence-corrected chi connectivity index (χ4v) is 2.18. The molecule has 2 aromatic rings. The SMILES string of the molecule is CCOC(=O)c1cc2c(N)c(C#N)ccc2n1CC(F)(F)F. The maximum Gasteiger partial charge on any atom is 0.406 e. The Bertz CT molecular complexity index is 772. The van der Waals surface area contributed by atoms with Crippen molar-refractivity contribution >= 4 is 22.6 Å². The monoisotopic (exact) mass is 311 g/mol. The van der Waals surface area contributed by atoms with Gasteiger partial charge >= 0.3 is 12.1 Å². The van der Waals surface area contributed by atoms with E-state index < -0.39 is 18.7 Å². The highest BCUT2D eigenvalue weighted by molar-refractivity contribution is 6.01. The van der Waals surface area contributed by atoms with E-state index in [0.29, 0.717) is 0 Å². The van der Waals surface area contributed by atoms with Crippen LogP contribution in [0.1, 0.15) is 23.0 Å². The van der Waals surface area contributed by atoms with Crippen molar-refractivity contribution in [2.75, 3.05) is 12.3 Å². The van der Waals surface area contributed by atoms with E-state index in [-0.39, 0.29) is 34.5 Å². The number of alkyl halides is 3. The number of carbonyl (C=O) groups excluding carboxylic acids is 1. The predicted molar refractivity (Wildman–Crippen MR) is 73.1 cm³/mol. The Morgan fingerprint density at radius 2 is 2.14 bits per heavy atom. The molecule has 0 aliphatic carbocycles. The molecule has 0 atom stereocenters. The number of nitrogens with two attached hydrogens (primary N) is 1. The maximum absolute atomic E-state index is 12.8. The minimum Gasteiger partial charge on any atom is -0.461 e. The molecule has 0 saturated carbocycles. The minimum atomic E-state index is -4.52. The number of benzene rings is 1. The van der Waals surface area contributed by atoms with Gasteiger partial charge < -0.3 is 15.0 Å². The molecular formula is C14H12F3N3O2. The molecule has 0 bridgehead atoms. The van der Waals surface area contributed by atoms with Crippen molar-refractivity contribution in [3.05, 3.63) is 29.5 Å². The van der Waals surface area contributed by atoms with Gasteiger partial charge in [0.25, 0.3) is 0 Å². The Morgan fingerprint density at radius 3 is 2.68 bits per heavy atom. The van der Waals surface area contributed by atoms with Gasteiger partial charge in [-0.25, -0.2) is 4.79 Å². The second kappa shape index (κ2) is 5.60. The van der Waals surface area contributed by atoms with Crippen molar-refractivity contribution in [2.24, 2.45) is 0 Å². The fourth-order valence-electron chi connectivity index (χ4n) is 2.18. The molecule has 8 heteroatoms. The molecule has 0 aliphatic heterocycles. The Kier molecular flexibility index (Phi) is 3.99. The first-order valence-electron chi connectivity index (χ1n) is 6.34. The number of rotatable bonds is 3. The lowest BCUT2D eigenvalue weighted by molar-refractivity contribution is -0.140. The topological polar surface area (TPSA) is 81.0 Å². The van der Waals surface area contributed by atoms with Crippen molar-refractivity contribution in [1.82, 2.24) is 4.57 Å². The molecule has 22 heavy (non-hydrogen) atoms. The van der Waals surface area contributed by atoms with Crippen molar-refractivity contribution in [3.63, 3.8) is 0 Å². The Morgan fingerprint density at radius 1 is 1.45 bits per heavy atom. The van der Waals surface area contributed by atoms with Crippen LogP contribution < -0.4 is 5.73 Å². The standard InChI is InChI=1S/C14H12F3N3O2/c1-2-22-13(21)11-5-9-10(20(11)7-14(15,16)17)4-3-8(6-18)12(9)19/h3-5H,2,7,19H2,1H3. The number of nitrogens with zero attached hydrogens (tertiary/aromatic N) is 2. The summed E-state index contributed by atoms with van der Waals surface area (Å²) in [5.41, 5.74) is 5.81. The number of esters is 1. The van der Waals surface area contributed by atoms with Crippen LogP contribution in [0.4, 0.5) is 18.9 Å². The number of anilines is 1. The molecule has 0 saturated heterocycles. The quantitative estimate of drug-likeness (QED) is 0.698. The van der Waals surface area contributed by atoms with E-state index in [1.54, 1.807) is 6.92 Å². The van der Waals surface area contributed by atoms with Gasteiger partial charge in [0.05, 0.1) is 23.4 Å².